The number of aromatic nitrogens is 1. The second-order valence-electron chi connectivity index (χ2n) is 9.30. The van der Waals surface area contributed by atoms with E-state index < -0.39 is 34.3 Å². The van der Waals surface area contributed by atoms with Crippen molar-refractivity contribution in [3.05, 3.63) is 24.4 Å². The molecule has 4 rings (SSSR count). The molecule has 0 aliphatic carbocycles. The Morgan fingerprint density at radius 2 is 1.57 bits per heavy atom. The number of carboxylic acid groups (broad SMARTS) is 2. The van der Waals surface area contributed by atoms with Gasteiger partial charge in [0, 0.05) is 43.8 Å². The third kappa shape index (κ3) is 8.03. The van der Waals surface area contributed by atoms with Gasteiger partial charge in [0.25, 0.3) is 10.0 Å². The van der Waals surface area contributed by atoms with Crippen LogP contribution in [-0.2, 0) is 24.4 Å². The number of carbonyl (C=O) groups is 3. The number of aliphatic carboxylic acids is 2. The number of fused-ring (bicyclic) bond motifs is 2. The van der Waals surface area contributed by atoms with Gasteiger partial charge in [-0.2, -0.15) is 30.6 Å². The van der Waals surface area contributed by atoms with Crippen LogP contribution in [0.1, 0.15) is 26.2 Å². The number of likely N-dealkylation sites (tertiary alicyclic amines) is 1. The van der Waals surface area contributed by atoms with Crippen molar-refractivity contribution >= 4 is 27.9 Å². The first-order valence-electron chi connectivity index (χ1n) is 11.9. The van der Waals surface area contributed by atoms with Crippen molar-refractivity contribution in [2.45, 2.75) is 49.1 Å². The van der Waals surface area contributed by atoms with Gasteiger partial charge in [0.2, 0.25) is 5.91 Å². The van der Waals surface area contributed by atoms with E-state index in [9.17, 15) is 39.6 Å². The van der Waals surface area contributed by atoms with Crippen molar-refractivity contribution in [1.29, 1.82) is 0 Å². The van der Waals surface area contributed by atoms with Gasteiger partial charge in [-0.15, -0.1) is 0 Å². The van der Waals surface area contributed by atoms with Gasteiger partial charge < -0.3 is 20.4 Å². The Balaban J connectivity index is 0.000000333. The Labute approximate surface area is 225 Å². The van der Waals surface area contributed by atoms with Crippen LogP contribution in [0.5, 0.6) is 0 Å². The summed E-state index contributed by atoms with van der Waals surface area (Å²) in [5.74, 6) is -5.02. The summed E-state index contributed by atoms with van der Waals surface area (Å²) < 4.78 is 90.6. The third-order valence-corrected chi connectivity index (χ3v) is 8.51. The molecule has 3 saturated heterocycles. The molecule has 11 nitrogen and oxygen atoms in total. The maximum absolute atomic E-state index is 12.8. The largest absolute Gasteiger partial charge is 0.490 e. The molecule has 0 unspecified atom stereocenters. The molecule has 3 N–H and O–H groups in total. The van der Waals surface area contributed by atoms with Crippen molar-refractivity contribution < 1.29 is 59.4 Å². The first-order chi connectivity index (χ1) is 18.3. The van der Waals surface area contributed by atoms with Crippen molar-refractivity contribution in [2.75, 3.05) is 32.7 Å². The highest BCUT2D eigenvalue weighted by atomic mass is 32.2. The molecule has 0 aromatic carbocycles. The van der Waals surface area contributed by atoms with Gasteiger partial charge in [0.15, 0.2) is 5.03 Å². The van der Waals surface area contributed by atoms with Gasteiger partial charge in [-0.05, 0) is 37.9 Å². The zero-order valence-corrected chi connectivity index (χ0v) is 21.9. The molecule has 1 aromatic heterocycles. The lowest BCUT2D eigenvalue weighted by Gasteiger charge is -2.42. The highest BCUT2D eigenvalue weighted by molar-refractivity contribution is 7.89. The van der Waals surface area contributed by atoms with Crippen molar-refractivity contribution in [3.8, 4) is 0 Å². The smallest absolute Gasteiger partial charge is 0.475 e. The zero-order valence-electron chi connectivity index (χ0n) is 21.1. The van der Waals surface area contributed by atoms with E-state index in [1.54, 1.807) is 12.1 Å². The van der Waals surface area contributed by atoms with Gasteiger partial charge in [-0.25, -0.2) is 23.0 Å². The fourth-order valence-electron chi connectivity index (χ4n) is 4.89. The van der Waals surface area contributed by atoms with E-state index in [2.05, 4.69) is 22.1 Å². The predicted octanol–water partition coefficient (Wildman–Crippen LogP) is 1.96. The van der Waals surface area contributed by atoms with Gasteiger partial charge in [0.1, 0.15) is 0 Å². The number of pyridine rings is 1. The van der Waals surface area contributed by atoms with Crippen LogP contribution in [-0.4, -0.2) is 101 Å². The minimum Gasteiger partial charge on any atom is -0.475 e. The molecule has 1 amide bonds. The highest BCUT2D eigenvalue weighted by Crippen LogP contribution is 2.44. The minimum absolute atomic E-state index is 0.0560. The first kappa shape index (κ1) is 33.2. The molecule has 0 bridgehead atoms. The number of carboxylic acids is 2. The fraction of sp³-hybridized carbons (Fsp3) is 0.636. The molecular weight excluding hydrogens is 578 g/mol. The SMILES string of the molecule is CCCN1C[C@H]2C(=O)NC3(CCN(S(=O)(=O)c4ccccn4)CC3)[C@H]2C1.O=C(O)C(F)(F)F.O=C(O)C(F)(F)F. The molecule has 4 heterocycles. The summed E-state index contributed by atoms with van der Waals surface area (Å²) in [5.41, 5.74) is -0.250. The maximum atomic E-state index is 12.8. The van der Waals surface area contributed by atoms with Crippen LogP contribution in [0.25, 0.3) is 0 Å². The van der Waals surface area contributed by atoms with Crippen molar-refractivity contribution in [3.63, 3.8) is 0 Å². The number of sulfonamides is 1. The number of hydrogen-bond donors (Lipinski definition) is 3. The first-order valence-corrected chi connectivity index (χ1v) is 13.3. The number of amides is 1. The van der Waals surface area contributed by atoms with Crippen LogP contribution in [0.4, 0.5) is 26.3 Å². The highest BCUT2D eigenvalue weighted by Gasteiger charge is 2.57. The molecule has 1 spiro atoms. The predicted molar refractivity (Wildman–Crippen MR) is 124 cm³/mol. The molecule has 0 radical (unpaired) electrons. The second-order valence-corrected chi connectivity index (χ2v) is 11.2. The van der Waals surface area contributed by atoms with Gasteiger partial charge in [-0.3, -0.25) is 4.79 Å². The van der Waals surface area contributed by atoms with E-state index in [0.717, 1.165) is 26.1 Å². The zero-order chi connectivity index (χ0) is 30.5. The lowest BCUT2D eigenvalue weighted by Crippen LogP contribution is -2.56. The van der Waals surface area contributed by atoms with Crippen LogP contribution in [0.2, 0.25) is 0 Å². The molecule has 1 aromatic rings. The molecular formula is C22H28F6N4O7S. The average Bonchev–Trinajstić information content (AvgIpc) is 3.39. The van der Waals surface area contributed by atoms with E-state index in [1.165, 1.54) is 16.6 Å². The summed E-state index contributed by atoms with van der Waals surface area (Å²) in [4.78, 5) is 36.7. The van der Waals surface area contributed by atoms with Crippen LogP contribution in [0.15, 0.2) is 29.4 Å². The molecule has 18 heteroatoms. The lowest BCUT2D eigenvalue weighted by molar-refractivity contribution is -0.193. The molecule has 2 atom stereocenters. The molecule has 3 fully saturated rings. The minimum atomic E-state index is -5.08. The number of rotatable bonds is 4. The van der Waals surface area contributed by atoms with Gasteiger partial charge >= 0.3 is 24.3 Å². The van der Waals surface area contributed by atoms with E-state index in [4.69, 9.17) is 19.8 Å². The quantitative estimate of drug-likeness (QED) is 0.436. The Morgan fingerprint density at radius 3 is 2.00 bits per heavy atom. The number of nitrogens with one attached hydrogen (secondary N) is 1. The lowest BCUT2D eigenvalue weighted by atomic mass is 9.76. The Morgan fingerprint density at radius 1 is 1.05 bits per heavy atom. The molecule has 0 saturated carbocycles. The summed E-state index contributed by atoms with van der Waals surface area (Å²) >= 11 is 0. The van der Waals surface area contributed by atoms with E-state index in [1.807, 2.05) is 0 Å². The number of halogens is 6. The summed E-state index contributed by atoms with van der Waals surface area (Å²) in [7, 11) is -3.56. The number of alkyl halides is 6. The van der Waals surface area contributed by atoms with E-state index in [0.29, 0.717) is 31.8 Å². The van der Waals surface area contributed by atoms with Crippen LogP contribution in [0, 0.1) is 11.8 Å². The second kappa shape index (κ2) is 12.7. The summed E-state index contributed by atoms with van der Waals surface area (Å²) in [5, 5.41) is 17.6. The van der Waals surface area contributed by atoms with Gasteiger partial charge in [-0.1, -0.05) is 13.0 Å². The average molecular weight is 607 g/mol. The number of carbonyl (C=O) groups excluding carboxylic acids is 1. The summed E-state index contributed by atoms with van der Waals surface area (Å²) in [6.07, 6.45) is -6.23. The van der Waals surface area contributed by atoms with Crippen LogP contribution < -0.4 is 5.32 Å². The Bertz CT molecular complexity index is 1130. The Kier molecular flexibility index (Phi) is 10.5. The topological polar surface area (TPSA) is 157 Å². The maximum Gasteiger partial charge on any atom is 0.490 e. The summed E-state index contributed by atoms with van der Waals surface area (Å²) in [6, 6.07) is 4.93. The van der Waals surface area contributed by atoms with Crippen LogP contribution in [0.3, 0.4) is 0 Å². The molecule has 3 aliphatic rings. The number of piperidine rings is 1. The number of hydrogen-bond acceptors (Lipinski definition) is 7. The van der Waals surface area contributed by atoms with Gasteiger partial charge in [0.05, 0.1) is 5.92 Å². The van der Waals surface area contributed by atoms with E-state index >= 15 is 0 Å². The summed E-state index contributed by atoms with van der Waals surface area (Å²) in [6.45, 7) is 5.81. The molecule has 40 heavy (non-hydrogen) atoms. The molecule has 226 valence electrons. The molecule has 3 aliphatic heterocycles. The van der Waals surface area contributed by atoms with Crippen molar-refractivity contribution in [1.82, 2.24) is 19.5 Å². The fourth-order valence-corrected chi connectivity index (χ4v) is 6.27. The van der Waals surface area contributed by atoms with Crippen molar-refractivity contribution in [2.24, 2.45) is 11.8 Å². The number of nitrogens with zero attached hydrogens (tertiary/aromatic N) is 3. The third-order valence-electron chi connectivity index (χ3n) is 6.70. The monoisotopic (exact) mass is 606 g/mol. The standard InChI is InChI=1S/C18H26N4O3S.2C2HF3O2/c1-2-9-21-12-14-15(13-21)18(20-17(14)23)6-10-22(11-7-18)26(24,25)16-5-3-4-8-19-16;2*3-2(4,5)1(6)7/h3-5,8,14-15H,2,6-7,9-13H2,1H3,(H,20,23);2*(H,6,7)/t14-,15+;;/m1../s1. The van der Waals surface area contributed by atoms with Crippen LogP contribution >= 0.6 is 0 Å². The van der Waals surface area contributed by atoms with E-state index in [-0.39, 0.29) is 22.4 Å². The normalized spacial score (nSPS) is 22.8. The Hall–Kier alpha value is -2.99.